The molecule has 3 aliphatic heterocycles. The summed E-state index contributed by atoms with van der Waals surface area (Å²) in [5.41, 5.74) is 4.03. The van der Waals surface area contributed by atoms with Gasteiger partial charge < -0.3 is 19.1 Å². The minimum Gasteiger partial charge on any atom is -0.496 e. The molecule has 0 bridgehead atoms. The van der Waals surface area contributed by atoms with Gasteiger partial charge in [0.2, 0.25) is 0 Å². The van der Waals surface area contributed by atoms with Crippen molar-refractivity contribution < 1.29 is 23.8 Å². The first kappa shape index (κ1) is 23.6. The molecule has 2 amide bonds. The number of imide groups is 1. The van der Waals surface area contributed by atoms with Crippen LogP contribution >= 0.6 is 0 Å². The monoisotopic (exact) mass is 479 g/mol. The van der Waals surface area contributed by atoms with Crippen LogP contribution in [0.5, 0.6) is 11.5 Å². The van der Waals surface area contributed by atoms with Crippen molar-refractivity contribution >= 4 is 17.5 Å². The molecule has 1 atom stereocenters. The van der Waals surface area contributed by atoms with Crippen molar-refractivity contribution in [1.82, 2.24) is 9.80 Å². The van der Waals surface area contributed by atoms with Crippen LogP contribution in [0.2, 0.25) is 0 Å². The fourth-order valence-electron chi connectivity index (χ4n) is 5.48. The first-order valence-corrected chi connectivity index (χ1v) is 12.3. The Morgan fingerprint density at radius 1 is 1.00 bits per heavy atom. The number of carbonyl (C=O) groups excluding carboxylic acids is 2. The van der Waals surface area contributed by atoms with Gasteiger partial charge in [-0.05, 0) is 38.0 Å². The molecule has 3 aliphatic rings. The molecular weight excluding hydrogens is 446 g/mol. The zero-order valence-electron chi connectivity index (χ0n) is 20.7. The predicted octanol–water partition coefficient (Wildman–Crippen LogP) is 3.11. The minimum atomic E-state index is -0.206. The Balaban J connectivity index is 1.28. The van der Waals surface area contributed by atoms with Crippen molar-refractivity contribution in [3.8, 4) is 11.5 Å². The SMILES string of the molecule is COc1ccc(CN2CCN(c3cccc4c3C(=O)N(C[C@H]3CCCO3)C4=O)CC2)c(OC)c1C. The van der Waals surface area contributed by atoms with Gasteiger partial charge in [0.05, 0.1) is 43.7 Å². The summed E-state index contributed by atoms with van der Waals surface area (Å²) in [6.45, 7) is 7.08. The standard InChI is InChI=1S/C27H33N3O5/c1-18-23(33-2)10-9-19(25(18)34-3)16-28-11-13-29(14-12-28)22-8-4-7-21-24(22)27(32)30(26(21)31)17-20-6-5-15-35-20/h4,7-10,20H,5-6,11-17H2,1-3H3/t20-/m1/s1. The second kappa shape index (κ2) is 9.87. The molecule has 0 spiro atoms. The molecule has 3 heterocycles. The molecule has 2 aromatic rings. The lowest BCUT2D eigenvalue weighted by Gasteiger charge is -2.37. The van der Waals surface area contributed by atoms with E-state index in [1.54, 1.807) is 20.3 Å². The van der Waals surface area contributed by atoms with Gasteiger partial charge >= 0.3 is 0 Å². The second-order valence-corrected chi connectivity index (χ2v) is 9.40. The van der Waals surface area contributed by atoms with Gasteiger partial charge in [0.25, 0.3) is 11.8 Å². The Morgan fingerprint density at radius 2 is 1.80 bits per heavy atom. The molecule has 8 heteroatoms. The van der Waals surface area contributed by atoms with Gasteiger partial charge in [0.15, 0.2) is 0 Å². The number of benzene rings is 2. The molecule has 8 nitrogen and oxygen atoms in total. The van der Waals surface area contributed by atoms with Crippen molar-refractivity contribution in [2.45, 2.75) is 32.4 Å². The van der Waals surface area contributed by atoms with Crippen molar-refractivity contribution in [1.29, 1.82) is 0 Å². The zero-order chi connectivity index (χ0) is 24.5. The molecule has 0 aromatic heterocycles. The summed E-state index contributed by atoms with van der Waals surface area (Å²) in [6, 6.07) is 9.66. The maximum Gasteiger partial charge on any atom is 0.263 e. The van der Waals surface area contributed by atoms with Crippen LogP contribution in [0, 0.1) is 6.92 Å². The van der Waals surface area contributed by atoms with Crippen LogP contribution in [0.25, 0.3) is 0 Å². The van der Waals surface area contributed by atoms with Crippen molar-refractivity contribution in [3.05, 3.63) is 52.6 Å². The fraction of sp³-hybridized carbons (Fsp3) is 0.481. The van der Waals surface area contributed by atoms with Gasteiger partial charge in [-0.2, -0.15) is 0 Å². The van der Waals surface area contributed by atoms with E-state index in [2.05, 4.69) is 15.9 Å². The molecule has 2 fully saturated rings. The number of hydrogen-bond donors (Lipinski definition) is 0. The number of nitrogens with zero attached hydrogens (tertiary/aromatic N) is 3. The third kappa shape index (κ3) is 4.36. The van der Waals surface area contributed by atoms with Gasteiger partial charge in [-0.25, -0.2) is 0 Å². The lowest BCUT2D eigenvalue weighted by molar-refractivity contribution is 0.0475. The molecule has 35 heavy (non-hydrogen) atoms. The molecular formula is C27H33N3O5. The van der Waals surface area contributed by atoms with Crippen LogP contribution in [0.1, 0.15) is 44.7 Å². The minimum absolute atomic E-state index is 0.0530. The van der Waals surface area contributed by atoms with E-state index in [1.165, 1.54) is 4.90 Å². The molecule has 0 aliphatic carbocycles. The van der Waals surface area contributed by atoms with E-state index in [0.717, 1.165) is 73.9 Å². The summed E-state index contributed by atoms with van der Waals surface area (Å²) in [5, 5.41) is 0. The lowest BCUT2D eigenvalue weighted by atomic mass is 10.1. The topological polar surface area (TPSA) is 71.5 Å². The fourth-order valence-corrected chi connectivity index (χ4v) is 5.48. The highest BCUT2D eigenvalue weighted by Crippen LogP contribution is 2.35. The Morgan fingerprint density at radius 3 is 2.49 bits per heavy atom. The van der Waals surface area contributed by atoms with E-state index in [1.807, 2.05) is 25.1 Å². The van der Waals surface area contributed by atoms with E-state index in [-0.39, 0.29) is 17.9 Å². The molecule has 0 N–H and O–H groups in total. The average Bonchev–Trinajstić information content (AvgIpc) is 3.48. The third-order valence-corrected chi connectivity index (χ3v) is 7.36. The Bertz CT molecular complexity index is 1120. The van der Waals surface area contributed by atoms with Crippen molar-refractivity contribution in [2.75, 3.05) is 58.5 Å². The molecule has 0 unspecified atom stereocenters. The van der Waals surface area contributed by atoms with Crippen LogP contribution in [0.3, 0.4) is 0 Å². The van der Waals surface area contributed by atoms with Crippen molar-refractivity contribution in [2.24, 2.45) is 0 Å². The van der Waals surface area contributed by atoms with Crippen LogP contribution in [-0.2, 0) is 11.3 Å². The van der Waals surface area contributed by atoms with E-state index in [9.17, 15) is 9.59 Å². The van der Waals surface area contributed by atoms with Crippen LogP contribution in [-0.4, -0.2) is 81.3 Å². The number of piperazine rings is 1. The van der Waals surface area contributed by atoms with E-state index < -0.39 is 0 Å². The van der Waals surface area contributed by atoms with Gasteiger partial charge in [-0.15, -0.1) is 0 Å². The van der Waals surface area contributed by atoms with Crippen molar-refractivity contribution in [3.63, 3.8) is 0 Å². The van der Waals surface area contributed by atoms with Gasteiger partial charge in [0, 0.05) is 50.5 Å². The smallest absolute Gasteiger partial charge is 0.263 e. The summed E-state index contributed by atoms with van der Waals surface area (Å²) in [7, 11) is 3.36. The quantitative estimate of drug-likeness (QED) is 0.565. The highest BCUT2D eigenvalue weighted by molar-refractivity contribution is 6.23. The largest absolute Gasteiger partial charge is 0.496 e. The first-order chi connectivity index (χ1) is 17.0. The second-order valence-electron chi connectivity index (χ2n) is 9.40. The number of anilines is 1. The van der Waals surface area contributed by atoms with Crippen LogP contribution in [0.15, 0.2) is 30.3 Å². The van der Waals surface area contributed by atoms with Gasteiger partial charge in [0.1, 0.15) is 11.5 Å². The number of carbonyl (C=O) groups is 2. The summed E-state index contributed by atoms with van der Waals surface area (Å²) in [5.74, 6) is 1.28. The number of amides is 2. The first-order valence-electron chi connectivity index (χ1n) is 12.3. The summed E-state index contributed by atoms with van der Waals surface area (Å²) < 4.78 is 16.8. The lowest BCUT2D eigenvalue weighted by Crippen LogP contribution is -2.46. The maximum absolute atomic E-state index is 13.3. The molecule has 5 rings (SSSR count). The highest BCUT2D eigenvalue weighted by atomic mass is 16.5. The predicted molar refractivity (Wildman–Crippen MR) is 133 cm³/mol. The van der Waals surface area contributed by atoms with Gasteiger partial charge in [-0.3, -0.25) is 19.4 Å². The van der Waals surface area contributed by atoms with Crippen LogP contribution in [0.4, 0.5) is 5.69 Å². The number of fused-ring (bicyclic) bond motifs is 1. The molecule has 186 valence electrons. The molecule has 0 saturated carbocycles. The number of methoxy groups -OCH3 is 2. The Hall–Kier alpha value is -3.10. The van der Waals surface area contributed by atoms with E-state index in [0.29, 0.717) is 24.3 Å². The number of ether oxygens (including phenoxy) is 3. The number of hydrogen-bond acceptors (Lipinski definition) is 7. The average molecular weight is 480 g/mol. The maximum atomic E-state index is 13.3. The zero-order valence-corrected chi connectivity index (χ0v) is 20.7. The normalized spacial score (nSPS) is 20.5. The van der Waals surface area contributed by atoms with E-state index in [4.69, 9.17) is 14.2 Å². The summed E-state index contributed by atoms with van der Waals surface area (Å²) in [4.78, 5) is 32.3. The Kier molecular flexibility index (Phi) is 6.67. The van der Waals surface area contributed by atoms with Crippen LogP contribution < -0.4 is 14.4 Å². The third-order valence-electron chi connectivity index (χ3n) is 7.36. The Labute approximate surface area is 206 Å². The molecule has 2 saturated heterocycles. The summed E-state index contributed by atoms with van der Waals surface area (Å²) >= 11 is 0. The summed E-state index contributed by atoms with van der Waals surface area (Å²) in [6.07, 6.45) is 1.81. The molecule has 2 aromatic carbocycles. The van der Waals surface area contributed by atoms with E-state index >= 15 is 0 Å². The van der Waals surface area contributed by atoms with Gasteiger partial charge in [-0.1, -0.05) is 12.1 Å². The number of rotatable bonds is 7. The molecule has 0 radical (unpaired) electrons. The highest BCUT2D eigenvalue weighted by Gasteiger charge is 2.40.